The number of hydrogen-bond acceptors (Lipinski definition) is 5. The predicted molar refractivity (Wildman–Crippen MR) is 129 cm³/mol. The molecule has 2 aromatic carbocycles. The summed E-state index contributed by atoms with van der Waals surface area (Å²) in [6.07, 6.45) is 1.98. The third kappa shape index (κ3) is 3.52. The molecule has 7 heteroatoms. The average Bonchev–Trinajstić information content (AvgIpc) is 3.11. The summed E-state index contributed by atoms with van der Waals surface area (Å²) in [6.45, 7) is 8.22. The van der Waals surface area contributed by atoms with Gasteiger partial charge in [-0.3, -0.25) is 4.79 Å². The molecule has 2 unspecified atom stereocenters. The minimum Gasteiger partial charge on any atom is -0.497 e. The number of carbonyl (C=O) groups is 2. The van der Waals surface area contributed by atoms with Crippen LogP contribution in [0.5, 0.6) is 5.75 Å². The number of methoxy groups -OCH3 is 1. The molecule has 174 valence electrons. The van der Waals surface area contributed by atoms with E-state index < -0.39 is 11.4 Å². The molecular formula is C26H29ClN2O4. The summed E-state index contributed by atoms with van der Waals surface area (Å²) < 4.78 is 5.12. The van der Waals surface area contributed by atoms with Gasteiger partial charge in [-0.2, -0.15) is 0 Å². The van der Waals surface area contributed by atoms with Crippen molar-refractivity contribution < 1.29 is 19.2 Å². The first kappa shape index (κ1) is 23.3. The molecule has 0 aromatic heterocycles. The highest BCUT2D eigenvalue weighted by molar-refractivity contribution is 6.31. The van der Waals surface area contributed by atoms with Crippen molar-refractivity contribution in [3.63, 3.8) is 0 Å². The molecule has 0 heterocycles. The predicted octanol–water partition coefficient (Wildman–Crippen LogP) is 6.02. The molecule has 2 aliphatic carbocycles. The van der Waals surface area contributed by atoms with E-state index in [-0.39, 0.29) is 16.7 Å². The van der Waals surface area contributed by atoms with Crippen molar-refractivity contribution >= 4 is 34.9 Å². The smallest absolute Gasteiger partial charge is 0.365 e. The first-order valence-electron chi connectivity index (χ1n) is 11.0. The lowest BCUT2D eigenvalue weighted by Gasteiger charge is -2.39. The molecule has 0 spiro atoms. The number of benzene rings is 2. The quantitative estimate of drug-likeness (QED) is 0.429. The van der Waals surface area contributed by atoms with E-state index in [0.29, 0.717) is 28.4 Å². The van der Waals surface area contributed by atoms with Gasteiger partial charge < -0.3 is 14.9 Å². The van der Waals surface area contributed by atoms with Gasteiger partial charge in [0.2, 0.25) is 5.91 Å². The third-order valence-corrected chi connectivity index (χ3v) is 8.66. The number of hydrogen-bond donors (Lipinski definition) is 1. The zero-order valence-corrected chi connectivity index (χ0v) is 20.4. The molecule has 2 aliphatic rings. The van der Waals surface area contributed by atoms with Crippen molar-refractivity contribution in [2.45, 2.75) is 47.0 Å². The Balaban J connectivity index is 1.58. The number of halogens is 1. The molecule has 33 heavy (non-hydrogen) atoms. The molecule has 4 rings (SSSR count). The van der Waals surface area contributed by atoms with E-state index in [1.54, 1.807) is 37.4 Å². The minimum atomic E-state index is -0.651. The SMILES string of the molecule is COc1ccc(C(=O)ON=C2CC3(C(=O)Nc4cccc(Cl)c4C)CCC2(C)C3(C)C)cc1. The Morgan fingerprint density at radius 2 is 1.76 bits per heavy atom. The van der Waals surface area contributed by atoms with E-state index in [1.807, 2.05) is 19.1 Å². The molecule has 2 bridgehead atoms. The summed E-state index contributed by atoms with van der Waals surface area (Å²) in [7, 11) is 1.57. The Bertz CT molecular complexity index is 1140. The number of nitrogens with one attached hydrogen (secondary N) is 1. The van der Waals surface area contributed by atoms with Crippen LogP contribution in [0.2, 0.25) is 5.02 Å². The van der Waals surface area contributed by atoms with Gasteiger partial charge in [0.15, 0.2) is 0 Å². The molecule has 2 aromatic rings. The van der Waals surface area contributed by atoms with Crippen LogP contribution < -0.4 is 10.1 Å². The number of carbonyl (C=O) groups excluding carboxylic acids is 2. The second kappa shape index (κ2) is 8.17. The number of amides is 1. The van der Waals surface area contributed by atoms with Gasteiger partial charge in [-0.15, -0.1) is 0 Å². The van der Waals surface area contributed by atoms with Gasteiger partial charge in [-0.25, -0.2) is 4.79 Å². The lowest BCUT2D eigenvalue weighted by molar-refractivity contribution is -0.130. The number of fused-ring (bicyclic) bond motifs is 2. The van der Waals surface area contributed by atoms with Crippen LogP contribution in [0.15, 0.2) is 47.6 Å². The molecule has 0 saturated heterocycles. The Morgan fingerprint density at radius 3 is 2.42 bits per heavy atom. The minimum absolute atomic E-state index is 0.0479. The Kier molecular flexibility index (Phi) is 5.77. The summed E-state index contributed by atoms with van der Waals surface area (Å²) in [5, 5.41) is 8.01. The summed E-state index contributed by atoms with van der Waals surface area (Å²) in [6, 6.07) is 12.2. The number of anilines is 1. The van der Waals surface area contributed by atoms with Crippen LogP contribution in [-0.4, -0.2) is 24.7 Å². The molecule has 0 radical (unpaired) electrons. The number of ether oxygens (including phenoxy) is 1. The fraction of sp³-hybridized carbons (Fsp3) is 0.423. The van der Waals surface area contributed by atoms with Crippen LogP contribution in [0.25, 0.3) is 0 Å². The first-order valence-corrected chi connectivity index (χ1v) is 11.4. The molecule has 2 saturated carbocycles. The van der Waals surface area contributed by atoms with Crippen molar-refractivity contribution in [1.29, 1.82) is 0 Å². The monoisotopic (exact) mass is 468 g/mol. The normalized spacial score (nSPS) is 26.3. The largest absolute Gasteiger partial charge is 0.497 e. The van der Waals surface area contributed by atoms with Crippen molar-refractivity contribution in [1.82, 2.24) is 0 Å². The molecule has 1 amide bonds. The maximum atomic E-state index is 13.7. The highest BCUT2D eigenvalue weighted by atomic mass is 35.5. The van der Waals surface area contributed by atoms with Crippen LogP contribution >= 0.6 is 11.6 Å². The van der Waals surface area contributed by atoms with Crippen LogP contribution in [0.3, 0.4) is 0 Å². The molecular weight excluding hydrogens is 440 g/mol. The molecule has 1 N–H and O–H groups in total. The highest BCUT2D eigenvalue weighted by Gasteiger charge is 2.71. The fourth-order valence-electron chi connectivity index (χ4n) is 5.38. The first-order chi connectivity index (χ1) is 15.6. The van der Waals surface area contributed by atoms with E-state index in [4.69, 9.17) is 21.2 Å². The van der Waals surface area contributed by atoms with Crippen LogP contribution in [0, 0.1) is 23.2 Å². The van der Waals surface area contributed by atoms with Gasteiger partial charge in [0.05, 0.1) is 23.8 Å². The second-order valence-electron chi connectivity index (χ2n) is 9.73. The number of nitrogens with zero attached hydrogens (tertiary/aromatic N) is 1. The van der Waals surface area contributed by atoms with Crippen LogP contribution in [-0.2, 0) is 9.63 Å². The van der Waals surface area contributed by atoms with Crippen molar-refractivity contribution in [2.75, 3.05) is 12.4 Å². The Morgan fingerprint density at radius 1 is 1.06 bits per heavy atom. The van der Waals surface area contributed by atoms with Crippen LogP contribution in [0.4, 0.5) is 5.69 Å². The fourth-order valence-corrected chi connectivity index (χ4v) is 5.56. The van der Waals surface area contributed by atoms with E-state index in [1.165, 1.54) is 0 Å². The van der Waals surface area contributed by atoms with E-state index >= 15 is 0 Å². The maximum absolute atomic E-state index is 13.7. The standard InChI is InChI=1S/C26H29ClN2O4/c1-16-19(27)7-6-8-20(16)28-23(31)26-14-13-25(4,24(26,2)3)21(15-26)29-33-22(30)17-9-11-18(32-5)12-10-17/h6-12H,13-15H2,1-5H3,(H,28,31). The lowest BCUT2D eigenvalue weighted by atomic mass is 9.64. The van der Waals surface area contributed by atoms with Crippen molar-refractivity contribution in [2.24, 2.45) is 21.4 Å². The number of rotatable bonds is 5. The van der Waals surface area contributed by atoms with Gasteiger partial charge in [0.25, 0.3) is 0 Å². The topological polar surface area (TPSA) is 77.0 Å². The summed E-state index contributed by atoms with van der Waals surface area (Å²) in [5.41, 5.74) is 1.30. The van der Waals surface area contributed by atoms with Gasteiger partial charge in [0.1, 0.15) is 5.75 Å². The van der Waals surface area contributed by atoms with E-state index in [2.05, 4.69) is 31.2 Å². The molecule has 2 atom stereocenters. The average molecular weight is 469 g/mol. The Hall–Kier alpha value is -2.86. The zero-order chi connectivity index (χ0) is 24.0. The molecule has 6 nitrogen and oxygen atoms in total. The summed E-state index contributed by atoms with van der Waals surface area (Å²) >= 11 is 6.25. The number of oxime groups is 1. The summed E-state index contributed by atoms with van der Waals surface area (Å²) in [5.74, 6) is 0.0683. The van der Waals surface area contributed by atoms with Gasteiger partial charge >= 0.3 is 5.97 Å². The zero-order valence-electron chi connectivity index (χ0n) is 19.6. The molecule has 2 fully saturated rings. The Labute approximate surface area is 199 Å². The highest BCUT2D eigenvalue weighted by Crippen LogP contribution is 2.71. The van der Waals surface area contributed by atoms with Gasteiger partial charge in [-0.1, -0.05) is 43.6 Å². The summed E-state index contributed by atoms with van der Waals surface area (Å²) in [4.78, 5) is 31.5. The van der Waals surface area contributed by atoms with Gasteiger partial charge in [0, 0.05) is 22.5 Å². The van der Waals surface area contributed by atoms with Crippen molar-refractivity contribution in [3.05, 3.63) is 58.6 Å². The van der Waals surface area contributed by atoms with Crippen molar-refractivity contribution in [3.8, 4) is 5.75 Å². The maximum Gasteiger partial charge on any atom is 0.365 e. The molecule has 0 aliphatic heterocycles. The lowest BCUT2D eigenvalue weighted by Crippen LogP contribution is -2.43. The van der Waals surface area contributed by atoms with Gasteiger partial charge in [-0.05, 0) is 67.1 Å². The third-order valence-electron chi connectivity index (χ3n) is 8.25. The second-order valence-corrected chi connectivity index (χ2v) is 10.1. The van der Waals surface area contributed by atoms with E-state index in [9.17, 15) is 9.59 Å². The van der Waals surface area contributed by atoms with E-state index in [0.717, 1.165) is 24.1 Å². The van der Waals surface area contributed by atoms with Crippen LogP contribution in [0.1, 0.15) is 56.0 Å².